The molecule has 0 unspecified atom stereocenters. The van der Waals surface area contributed by atoms with E-state index in [1.807, 2.05) is 0 Å². The van der Waals surface area contributed by atoms with E-state index in [9.17, 15) is 62.3 Å². The molecule has 0 amide bonds. The van der Waals surface area contributed by atoms with Crippen LogP contribution in [0.2, 0.25) is 0 Å². The maximum Gasteiger partial charge on any atom is 0.385 e. The average molecular weight is 579 g/mol. The molecule has 16 heteroatoms. The summed E-state index contributed by atoms with van der Waals surface area (Å²) in [5.74, 6) is -43.4. The van der Waals surface area contributed by atoms with E-state index in [4.69, 9.17) is 23.2 Å². The summed E-state index contributed by atoms with van der Waals surface area (Å²) in [5.41, 5.74) is -6.47. The lowest BCUT2D eigenvalue weighted by Gasteiger charge is -2.41. The van der Waals surface area contributed by atoms with Gasteiger partial charge in [0.15, 0.2) is 0 Å². The number of benzene rings is 2. The van der Waals surface area contributed by atoms with Gasteiger partial charge in [-0.05, 0) is 35.3 Å². The van der Waals surface area contributed by atoms with E-state index in [1.54, 1.807) is 0 Å². The zero-order valence-electron chi connectivity index (χ0n) is 16.7. The Kier molecular flexibility index (Phi) is 7.54. The lowest BCUT2D eigenvalue weighted by atomic mass is 9.86. The summed E-state index contributed by atoms with van der Waals surface area (Å²) in [6, 6.07) is 1.55. The molecule has 0 aromatic heterocycles. The maximum atomic E-state index is 14.4. The summed E-state index contributed by atoms with van der Waals surface area (Å²) in [5, 5.41) is -3.14. The first-order valence-electron chi connectivity index (χ1n) is 8.95. The van der Waals surface area contributed by atoms with Crippen molar-refractivity contribution in [3.63, 3.8) is 0 Å². The third kappa shape index (κ3) is 4.31. The van der Waals surface area contributed by atoms with Crippen molar-refractivity contribution < 1.29 is 62.3 Å². The minimum Gasteiger partial charge on any atom is -0.276 e. The summed E-state index contributed by atoms with van der Waals surface area (Å²) >= 11 is 9.90. The molecule has 0 atom stereocenters. The second-order valence-corrected chi connectivity index (χ2v) is 7.84. The molecule has 2 rings (SSSR count). The molecule has 36 heavy (non-hydrogen) atoms. The molecule has 0 bridgehead atoms. The molecule has 198 valence electrons. The molecule has 0 aliphatic heterocycles. The van der Waals surface area contributed by atoms with Crippen molar-refractivity contribution in [2.45, 2.75) is 35.5 Å². The lowest BCUT2D eigenvalue weighted by Crippen LogP contribution is -2.69. The highest BCUT2D eigenvalue weighted by molar-refractivity contribution is 6.68. The van der Waals surface area contributed by atoms with E-state index >= 15 is 0 Å². The third-order valence-corrected chi connectivity index (χ3v) is 5.31. The number of hydrogen-bond donors (Lipinski definition) is 0. The standard InChI is InChI=1S/C20H8Cl2F12O2/c21-13(35)9-3-1-5-11(7-9)15(23,24)17(27,28)19(31,32)20(33,34)18(29,30)16(25,26)12-6-2-4-10(8-12)14(22)36/h1-8H. The van der Waals surface area contributed by atoms with Crippen LogP contribution in [-0.4, -0.2) is 34.2 Å². The first-order valence-corrected chi connectivity index (χ1v) is 9.70. The molecular weight excluding hydrogens is 571 g/mol. The van der Waals surface area contributed by atoms with Crippen molar-refractivity contribution in [2.24, 2.45) is 0 Å². The summed E-state index contributed by atoms with van der Waals surface area (Å²) in [6.07, 6.45) is 0. The van der Waals surface area contributed by atoms with E-state index in [-0.39, 0.29) is 24.3 Å². The van der Waals surface area contributed by atoms with Gasteiger partial charge >= 0.3 is 35.5 Å². The smallest absolute Gasteiger partial charge is 0.276 e. The summed E-state index contributed by atoms with van der Waals surface area (Å²) in [7, 11) is 0. The fraction of sp³-hybridized carbons (Fsp3) is 0.300. The molecular formula is C20H8Cl2F12O2. The van der Waals surface area contributed by atoms with Crippen LogP contribution in [0.3, 0.4) is 0 Å². The molecule has 0 aliphatic rings. The van der Waals surface area contributed by atoms with Crippen LogP contribution >= 0.6 is 23.2 Å². The van der Waals surface area contributed by atoms with Crippen LogP contribution in [0.15, 0.2) is 48.5 Å². The van der Waals surface area contributed by atoms with Crippen molar-refractivity contribution in [3.8, 4) is 0 Å². The zero-order chi connectivity index (χ0) is 28.1. The first-order chi connectivity index (χ1) is 16.1. The Labute approximate surface area is 202 Å². The summed E-state index contributed by atoms with van der Waals surface area (Å²) < 4.78 is 171. The number of carbonyl (C=O) groups is 2. The number of halogens is 14. The number of carbonyl (C=O) groups excluding carboxylic acids is 2. The van der Waals surface area contributed by atoms with E-state index in [0.717, 1.165) is 0 Å². The lowest BCUT2D eigenvalue weighted by molar-refractivity contribution is -0.429. The van der Waals surface area contributed by atoms with Gasteiger partial charge in [-0.25, -0.2) is 0 Å². The molecule has 0 heterocycles. The second-order valence-electron chi connectivity index (χ2n) is 7.16. The van der Waals surface area contributed by atoms with Crippen molar-refractivity contribution in [1.82, 2.24) is 0 Å². The quantitative estimate of drug-likeness (QED) is 0.224. The van der Waals surface area contributed by atoms with Gasteiger partial charge in [0.1, 0.15) is 0 Å². The average Bonchev–Trinajstić information content (AvgIpc) is 2.78. The Hall–Kier alpha value is -2.48. The molecule has 2 aromatic carbocycles. The molecule has 0 spiro atoms. The molecule has 0 saturated heterocycles. The Morgan fingerprint density at radius 2 is 0.778 bits per heavy atom. The van der Waals surface area contributed by atoms with Gasteiger partial charge in [-0.1, -0.05) is 36.4 Å². The monoisotopic (exact) mass is 578 g/mol. The van der Waals surface area contributed by atoms with Crippen LogP contribution in [0.5, 0.6) is 0 Å². The van der Waals surface area contributed by atoms with Gasteiger partial charge in [-0.15, -0.1) is 0 Å². The van der Waals surface area contributed by atoms with Gasteiger partial charge < -0.3 is 0 Å². The van der Waals surface area contributed by atoms with E-state index in [0.29, 0.717) is 24.3 Å². The van der Waals surface area contributed by atoms with Crippen LogP contribution < -0.4 is 0 Å². The van der Waals surface area contributed by atoms with Crippen molar-refractivity contribution in [3.05, 3.63) is 70.8 Å². The van der Waals surface area contributed by atoms with Gasteiger partial charge in [-0.3, -0.25) is 9.59 Å². The number of alkyl halides is 12. The molecule has 2 nitrogen and oxygen atoms in total. The van der Waals surface area contributed by atoms with Gasteiger partial charge in [0.05, 0.1) is 0 Å². The Morgan fingerprint density at radius 3 is 1.03 bits per heavy atom. The van der Waals surface area contributed by atoms with E-state index in [2.05, 4.69) is 0 Å². The zero-order valence-corrected chi connectivity index (χ0v) is 18.2. The van der Waals surface area contributed by atoms with Gasteiger partial charge in [0.25, 0.3) is 10.5 Å². The Balaban J connectivity index is 2.66. The van der Waals surface area contributed by atoms with Crippen LogP contribution in [0.25, 0.3) is 0 Å². The van der Waals surface area contributed by atoms with Crippen LogP contribution in [-0.2, 0) is 11.8 Å². The minimum atomic E-state index is -7.84. The highest BCUT2D eigenvalue weighted by Crippen LogP contribution is 2.63. The first kappa shape index (κ1) is 29.7. The largest absolute Gasteiger partial charge is 0.385 e. The molecule has 0 radical (unpaired) electrons. The van der Waals surface area contributed by atoms with E-state index < -0.39 is 68.3 Å². The number of rotatable bonds is 9. The fourth-order valence-electron chi connectivity index (χ4n) is 2.82. The fourth-order valence-corrected chi connectivity index (χ4v) is 3.06. The summed E-state index contributed by atoms with van der Waals surface area (Å²) in [4.78, 5) is 22.1. The molecule has 0 fully saturated rings. The second kappa shape index (κ2) is 9.12. The van der Waals surface area contributed by atoms with Crippen LogP contribution in [0.4, 0.5) is 52.7 Å². The highest BCUT2D eigenvalue weighted by Gasteiger charge is 2.90. The predicted octanol–water partition coefficient (Wildman–Crippen LogP) is 7.87. The van der Waals surface area contributed by atoms with Gasteiger partial charge in [0, 0.05) is 22.3 Å². The topological polar surface area (TPSA) is 34.1 Å². The molecule has 0 N–H and O–H groups in total. The SMILES string of the molecule is O=C(Cl)c1cccc(C(F)(F)C(F)(F)C(F)(F)C(F)(F)C(F)(F)C(F)(F)c2cccc(C(=O)Cl)c2)c1. The normalized spacial score (nSPS) is 14.1. The Morgan fingerprint density at radius 1 is 0.500 bits per heavy atom. The molecule has 2 aromatic rings. The molecule has 0 saturated carbocycles. The van der Waals surface area contributed by atoms with Crippen LogP contribution in [0, 0.1) is 0 Å². The van der Waals surface area contributed by atoms with Crippen molar-refractivity contribution >= 4 is 33.7 Å². The van der Waals surface area contributed by atoms with E-state index in [1.165, 1.54) is 0 Å². The predicted molar refractivity (Wildman–Crippen MR) is 101 cm³/mol. The molecule has 0 aliphatic carbocycles. The van der Waals surface area contributed by atoms with Gasteiger partial charge in [0.2, 0.25) is 0 Å². The summed E-state index contributed by atoms with van der Waals surface area (Å²) in [6.45, 7) is 0. The third-order valence-electron chi connectivity index (χ3n) is 4.88. The minimum absolute atomic E-state index is 0.0487. The van der Waals surface area contributed by atoms with Crippen molar-refractivity contribution in [2.75, 3.05) is 0 Å². The highest BCUT2D eigenvalue weighted by atomic mass is 35.5. The van der Waals surface area contributed by atoms with Gasteiger partial charge in [-0.2, -0.15) is 52.7 Å². The number of hydrogen-bond acceptors (Lipinski definition) is 2. The van der Waals surface area contributed by atoms with Crippen LogP contribution in [0.1, 0.15) is 31.8 Å². The van der Waals surface area contributed by atoms with Crippen molar-refractivity contribution in [1.29, 1.82) is 0 Å². The maximum absolute atomic E-state index is 14.4. The Bertz CT molecular complexity index is 1090.